The van der Waals surface area contributed by atoms with Gasteiger partial charge in [-0.2, -0.15) is 0 Å². The van der Waals surface area contributed by atoms with Gasteiger partial charge in [-0.25, -0.2) is 8.42 Å². The van der Waals surface area contributed by atoms with Crippen molar-refractivity contribution in [3.05, 3.63) is 88.9 Å². The molecule has 4 rings (SSSR count). The number of nitrogens with one attached hydrogen (secondary N) is 1. The lowest BCUT2D eigenvalue weighted by Gasteiger charge is -2.33. The Morgan fingerprint density at radius 2 is 1.68 bits per heavy atom. The molecule has 3 aromatic rings. The van der Waals surface area contributed by atoms with E-state index in [2.05, 4.69) is 21.2 Å². The SMILES string of the molecule is COc1cccc(N(CC(=O)N(Cc2cccc(Br)c2)[C@H](C)C(=O)NC2CCCCC2)S(=O)(=O)c2ccccc2)c1. The maximum Gasteiger partial charge on any atom is 0.264 e. The van der Waals surface area contributed by atoms with E-state index in [0.717, 1.165) is 46.4 Å². The number of benzene rings is 3. The van der Waals surface area contributed by atoms with Crippen LogP contribution < -0.4 is 14.4 Å². The Labute approximate surface area is 250 Å². The highest BCUT2D eigenvalue weighted by molar-refractivity contribution is 9.10. The predicted octanol–water partition coefficient (Wildman–Crippen LogP) is 5.52. The molecule has 0 bridgehead atoms. The quantitative estimate of drug-likeness (QED) is 0.297. The van der Waals surface area contributed by atoms with Crippen molar-refractivity contribution in [1.82, 2.24) is 10.2 Å². The molecule has 10 heteroatoms. The number of amides is 2. The third-order valence-corrected chi connectivity index (χ3v) is 9.59. The molecule has 1 aliphatic rings. The summed E-state index contributed by atoms with van der Waals surface area (Å²) in [4.78, 5) is 29.0. The molecule has 0 radical (unpaired) electrons. The molecule has 1 fully saturated rings. The number of hydrogen-bond acceptors (Lipinski definition) is 5. The summed E-state index contributed by atoms with van der Waals surface area (Å²) in [5, 5.41) is 3.12. The fraction of sp³-hybridized carbons (Fsp3) is 0.355. The van der Waals surface area contributed by atoms with Gasteiger partial charge in [0, 0.05) is 23.1 Å². The summed E-state index contributed by atoms with van der Waals surface area (Å²) in [5.41, 5.74) is 1.09. The molecular weight excluding hydrogens is 606 g/mol. The van der Waals surface area contributed by atoms with E-state index in [1.165, 1.54) is 24.1 Å². The number of sulfonamides is 1. The third-order valence-electron chi connectivity index (χ3n) is 7.31. The fourth-order valence-electron chi connectivity index (χ4n) is 5.00. The molecule has 0 aromatic heterocycles. The number of hydrogen-bond donors (Lipinski definition) is 1. The van der Waals surface area contributed by atoms with Gasteiger partial charge < -0.3 is 15.0 Å². The molecule has 2 amide bonds. The highest BCUT2D eigenvalue weighted by Gasteiger charge is 2.33. The molecule has 0 spiro atoms. The predicted molar refractivity (Wildman–Crippen MR) is 163 cm³/mol. The van der Waals surface area contributed by atoms with E-state index in [0.29, 0.717) is 5.75 Å². The van der Waals surface area contributed by atoms with Crippen molar-refractivity contribution in [3.8, 4) is 5.75 Å². The van der Waals surface area contributed by atoms with Gasteiger partial charge in [-0.05, 0) is 61.7 Å². The van der Waals surface area contributed by atoms with Gasteiger partial charge in [0.25, 0.3) is 10.0 Å². The number of carbonyl (C=O) groups excluding carboxylic acids is 2. The zero-order valence-corrected chi connectivity index (χ0v) is 25.7. The van der Waals surface area contributed by atoms with Gasteiger partial charge >= 0.3 is 0 Å². The molecule has 1 N–H and O–H groups in total. The standard InChI is InChI=1S/C31H36BrN3O5S/c1-23(31(37)33-26-13-5-3-6-14-26)34(21-24-11-9-12-25(32)19-24)30(36)22-35(27-15-10-16-28(20-27)40-2)41(38,39)29-17-7-4-8-18-29/h4,7-12,15-20,23,26H,3,5-6,13-14,21-22H2,1-2H3,(H,33,37)/t23-/m1/s1. The molecule has 41 heavy (non-hydrogen) atoms. The van der Waals surface area contributed by atoms with Crippen LogP contribution in [0.3, 0.4) is 0 Å². The lowest BCUT2D eigenvalue weighted by atomic mass is 9.95. The zero-order chi connectivity index (χ0) is 29.4. The molecule has 1 atom stereocenters. The highest BCUT2D eigenvalue weighted by atomic mass is 79.9. The van der Waals surface area contributed by atoms with Crippen molar-refractivity contribution in [2.75, 3.05) is 18.0 Å². The smallest absolute Gasteiger partial charge is 0.264 e. The Kier molecular flexibility index (Phi) is 10.4. The molecular formula is C31H36BrN3O5S. The van der Waals surface area contributed by atoms with Gasteiger partial charge in [-0.1, -0.05) is 71.6 Å². The van der Waals surface area contributed by atoms with Crippen molar-refractivity contribution < 1.29 is 22.7 Å². The zero-order valence-electron chi connectivity index (χ0n) is 23.3. The largest absolute Gasteiger partial charge is 0.497 e. The third kappa shape index (κ3) is 7.89. The van der Waals surface area contributed by atoms with Gasteiger partial charge in [-0.15, -0.1) is 0 Å². The molecule has 0 saturated heterocycles. The second-order valence-corrected chi connectivity index (χ2v) is 13.0. The van der Waals surface area contributed by atoms with E-state index >= 15 is 0 Å². The fourth-order valence-corrected chi connectivity index (χ4v) is 6.87. The van der Waals surface area contributed by atoms with E-state index in [9.17, 15) is 18.0 Å². The summed E-state index contributed by atoms with van der Waals surface area (Å²) in [6.45, 7) is 1.32. The molecule has 218 valence electrons. The van der Waals surface area contributed by atoms with Crippen LogP contribution in [0.4, 0.5) is 5.69 Å². The van der Waals surface area contributed by atoms with E-state index < -0.39 is 28.5 Å². The van der Waals surface area contributed by atoms with Crippen molar-refractivity contribution in [2.45, 2.75) is 62.6 Å². The first kappa shape index (κ1) is 30.6. The van der Waals surface area contributed by atoms with Crippen LogP contribution >= 0.6 is 15.9 Å². The van der Waals surface area contributed by atoms with E-state index in [4.69, 9.17) is 4.74 Å². The number of rotatable bonds is 11. The second-order valence-electron chi connectivity index (χ2n) is 10.2. The van der Waals surface area contributed by atoms with Gasteiger partial charge in [0.2, 0.25) is 11.8 Å². The molecule has 0 aliphatic heterocycles. The van der Waals surface area contributed by atoms with Crippen LogP contribution in [0, 0.1) is 0 Å². The number of ether oxygens (including phenoxy) is 1. The highest BCUT2D eigenvalue weighted by Crippen LogP contribution is 2.28. The number of nitrogens with zero attached hydrogens (tertiary/aromatic N) is 2. The van der Waals surface area contributed by atoms with Crippen molar-refractivity contribution >= 4 is 43.5 Å². The number of halogens is 1. The van der Waals surface area contributed by atoms with Gasteiger partial charge in [-0.3, -0.25) is 13.9 Å². The van der Waals surface area contributed by atoms with Gasteiger partial charge in [0.15, 0.2) is 0 Å². The van der Waals surface area contributed by atoms with Crippen molar-refractivity contribution in [1.29, 1.82) is 0 Å². The molecule has 0 unspecified atom stereocenters. The first-order chi connectivity index (χ1) is 19.7. The summed E-state index contributed by atoms with van der Waals surface area (Å²) in [5.74, 6) is -0.299. The van der Waals surface area contributed by atoms with E-state index in [-0.39, 0.29) is 29.1 Å². The number of carbonyl (C=O) groups is 2. The second kappa shape index (κ2) is 14.0. The molecule has 8 nitrogen and oxygen atoms in total. The Hall–Kier alpha value is -3.37. The normalized spacial score (nSPS) is 14.6. The van der Waals surface area contributed by atoms with Crippen LogP contribution in [0.1, 0.15) is 44.6 Å². The lowest BCUT2D eigenvalue weighted by Crippen LogP contribution is -2.53. The lowest BCUT2D eigenvalue weighted by molar-refractivity contribution is -0.139. The van der Waals surface area contributed by atoms with Crippen LogP contribution in [0.5, 0.6) is 5.75 Å². The molecule has 1 aliphatic carbocycles. The van der Waals surface area contributed by atoms with Crippen LogP contribution in [0.2, 0.25) is 0 Å². The molecule has 1 saturated carbocycles. The summed E-state index contributed by atoms with van der Waals surface area (Å²) < 4.78 is 35.0. The molecule has 0 heterocycles. The summed E-state index contributed by atoms with van der Waals surface area (Å²) >= 11 is 3.48. The minimum Gasteiger partial charge on any atom is -0.497 e. The topological polar surface area (TPSA) is 96.0 Å². The Balaban J connectivity index is 1.68. The Morgan fingerprint density at radius 3 is 2.37 bits per heavy atom. The summed E-state index contributed by atoms with van der Waals surface area (Å²) in [6.07, 6.45) is 5.11. The van der Waals surface area contributed by atoms with Crippen molar-refractivity contribution in [2.24, 2.45) is 0 Å². The maximum absolute atomic E-state index is 14.1. The van der Waals surface area contributed by atoms with Gasteiger partial charge in [0.1, 0.15) is 18.3 Å². The average molecular weight is 643 g/mol. The Bertz CT molecular complexity index is 1440. The number of anilines is 1. The summed E-state index contributed by atoms with van der Waals surface area (Å²) in [7, 11) is -2.64. The minimum atomic E-state index is -4.13. The average Bonchev–Trinajstić information content (AvgIpc) is 2.99. The number of methoxy groups -OCH3 is 1. The van der Waals surface area contributed by atoms with Crippen LogP contribution in [0.25, 0.3) is 0 Å². The first-order valence-electron chi connectivity index (χ1n) is 13.7. The van der Waals surface area contributed by atoms with E-state index in [1.54, 1.807) is 49.4 Å². The first-order valence-corrected chi connectivity index (χ1v) is 16.0. The monoisotopic (exact) mass is 641 g/mol. The minimum absolute atomic E-state index is 0.0530. The van der Waals surface area contributed by atoms with Crippen molar-refractivity contribution in [3.63, 3.8) is 0 Å². The van der Waals surface area contributed by atoms with Crippen LogP contribution in [-0.2, 0) is 26.2 Å². The maximum atomic E-state index is 14.1. The van der Waals surface area contributed by atoms with Crippen LogP contribution in [-0.4, -0.2) is 50.9 Å². The Morgan fingerprint density at radius 1 is 0.976 bits per heavy atom. The van der Waals surface area contributed by atoms with E-state index in [1.807, 2.05) is 24.3 Å². The summed E-state index contributed by atoms with van der Waals surface area (Å²) in [6, 6.07) is 21.3. The van der Waals surface area contributed by atoms with Crippen LogP contribution in [0.15, 0.2) is 88.2 Å². The molecule has 3 aromatic carbocycles. The van der Waals surface area contributed by atoms with Gasteiger partial charge in [0.05, 0.1) is 17.7 Å².